The van der Waals surface area contributed by atoms with Gasteiger partial charge < -0.3 is 10.5 Å². The monoisotopic (exact) mass is 266 g/mol. The third-order valence-electron chi connectivity index (χ3n) is 3.54. The number of hydrogen-bond donors (Lipinski definition) is 2. The van der Waals surface area contributed by atoms with Gasteiger partial charge in [0, 0.05) is 5.56 Å². The number of anilines is 1. The number of rotatable bonds is 2. The maximum atomic E-state index is 11.7. The lowest BCUT2D eigenvalue weighted by Crippen LogP contribution is -2.14. The second-order valence-corrected chi connectivity index (χ2v) is 4.68. The van der Waals surface area contributed by atoms with Crippen molar-refractivity contribution in [2.75, 3.05) is 5.32 Å². The minimum Gasteiger partial charge on any atom is -0.410 e. The van der Waals surface area contributed by atoms with Crippen molar-refractivity contribution in [1.29, 1.82) is 0 Å². The molecule has 0 saturated heterocycles. The van der Waals surface area contributed by atoms with Crippen LogP contribution < -0.4 is 5.32 Å². The molecule has 20 heavy (non-hydrogen) atoms. The molecule has 0 aromatic heterocycles. The predicted octanol–water partition coefficient (Wildman–Crippen LogP) is 3.05. The number of nitrogens with one attached hydrogen (secondary N) is 1. The van der Waals surface area contributed by atoms with Gasteiger partial charge in [0.25, 0.3) is 5.91 Å². The molecule has 0 saturated carbocycles. The molecule has 1 aliphatic heterocycles. The zero-order chi connectivity index (χ0) is 14.1. The van der Waals surface area contributed by atoms with Gasteiger partial charge in [0.2, 0.25) is 0 Å². The van der Waals surface area contributed by atoms with Crippen LogP contribution >= 0.6 is 0 Å². The summed E-state index contributed by atoms with van der Waals surface area (Å²) in [5.41, 5.74) is 4.54. The average Bonchev–Trinajstić information content (AvgIpc) is 2.82. The van der Waals surface area contributed by atoms with Gasteiger partial charge in [-0.1, -0.05) is 48.5 Å². The third-order valence-corrected chi connectivity index (χ3v) is 3.54. The molecule has 1 heterocycles. The zero-order valence-electron chi connectivity index (χ0n) is 11.1. The summed E-state index contributed by atoms with van der Waals surface area (Å²) in [5, 5.41) is 14.9. The lowest BCUT2D eigenvalue weighted by atomic mass is 9.96. The Morgan fingerprint density at radius 1 is 1.15 bits per heavy atom. The number of fused-ring (bicyclic) bond motifs is 1. The highest BCUT2D eigenvalue weighted by atomic mass is 16.4. The fourth-order valence-electron chi connectivity index (χ4n) is 2.46. The Morgan fingerprint density at radius 3 is 2.55 bits per heavy atom. The molecule has 0 atom stereocenters. The second-order valence-electron chi connectivity index (χ2n) is 4.68. The first-order valence-electron chi connectivity index (χ1n) is 6.50. The van der Waals surface area contributed by atoms with Crippen LogP contribution in [0, 0.1) is 0 Å². The Bertz CT molecular complexity index is 703. The summed E-state index contributed by atoms with van der Waals surface area (Å²) in [6, 6.07) is 13.8. The fourth-order valence-corrected chi connectivity index (χ4v) is 2.46. The first-order valence-corrected chi connectivity index (χ1v) is 6.50. The molecule has 4 nitrogen and oxygen atoms in total. The molecule has 0 unspecified atom stereocenters. The Morgan fingerprint density at radius 2 is 1.90 bits per heavy atom. The van der Waals surface area contributed by atoms with Crippen LogP contribution in [0.25, 0.3) is 11.1 Å². The van der Waals surface area contributed by atoms with Crippen molar-refractivity contribution in [2.24, 2.45) is 5.16 Å². The SMILES string of the molecule is CCc1ccc(-c2cccc3c2C(=NO)C(=O)N3)cc1. The van der Waals surface area contributed by atoms with Crippen molar-refractivity contribution >= 4 is 17.3 Å². The van der Waals surface area contributed by atoms with E-state index in [0.29, 0.717) is 11.3 Å². The van der Waals surface area contributed by atoms with Crippen LogP contribution in [0.5, 0.6) is 0 Å². The van der Waals surface area contributed by atoms with E-state index < -0.39 is 0 Å². The van der Waals surface area contributed by atoms with Gasteiger partial charge in [0.1, 0.15) is 0 Å². The smallest absolute Gasteiger partial charge is 0.278 e. The number of aryl methyl sites for hydroxylation is 1. The molecule has 0 fully saturated rings. The van der Waals surface area contributed by atoms with Gasteiger partial charge in [-0.3, -0.25) is 4.79 Å². The number of benzene rings is 2. The summed E-state index contributed by atoms with van der Waals surface area (Å²) in [5.74, 6) is -0.375. The van der Waals surface area contributed by atoms with E-state index in [4.69, 9.17) is 5.21 Å². The lowest BCUT2D eigenvalue weighted by molar-refractivity contribution is -0.110. The molecule has 0 bridgehead atoms. The van der Waals surface area contributed by atoms with Gasteiger partial charge >= 0.3 is 0 Å². The normalized spacial score (nSPS) is 15.2. The number of amides is 1. The topological polar surface area (TPSA) is 61.7 Å². The van der Waals surface area contributed by atoms with Crippen molar-refractivity contribution < 1.29 is 10.0 Å². The maximum absolute atomic E-state index is 11.7. The molecular formula is C16H14N2O2. The van der Waals surface area contributed by atoms with Crippen LogP contribution in [-0.4, -0.2) is 16.8 Å². The van der Waals surface area contributed by atoms with E-state index in [0.717, 1.165) is 17.5 Å². The fraction of sp³-hybridized carbons (Fsp3) is 0.125. The van der Waals surface area contributed by atoms with Gasteiger partial charge in [0.15, 0.2) is 5.71 Å². The summed E-state index contributed by atoms with van der Waals surface area (Å²) in [7, 11) is 0. The Balaban J connectivity index is 2.16. The largest absolute Gasteiger partial charge is 0.410 e. The zero-order valence-corrected chi connectivity index (χ0v) is 11.1. The van der Waals surface area contributed by atoms with E-state index in [-0.39, 0.29) is 11.6 Å². The molecule has 100 valence electrons. The lowest BCUT2D eigenvalue weighted by Gasteiger charge is -2.08. The molecule has 0 aliphatic carbocycles. The highest BCUT2D eigenvalue weighted by molar-refractivity contribution is 6.54. The molecule has 4 heteroatoms. The van der Waals surface area contributed by atoms with Crippen LogP contribution in [0.2, 0.25) is 0 Å². The molecule has 1 amide bonds. The summed E-state index contributed by atoms with van der Waals surface area (Å²) in [6.45, 7) is 2.11. The highest BCUT2D eigenvalue weighted by Crippen LogP contribution is 2.33. The summed E-state index contributed by atoms with van der Waals surface area (Å²) < 4.78 is 0. The van der Waals surface area contributed by atoms with Gasteiger partial charge in [0.05, 0.1) is 5.69 Å². The standard InChI is InChI=1S/C16H14N2O2/c1-2-10-6-8-11(9-7-10)12-4-3-5-13-14(12)15(18-20)16(19)17-13/h3-9,20H,2H2,1H3,(H,17,18,19). The van der Waals surface area contributed by atoms with E-state index in [1.807, 2.05) is 24.3 Å². The number of carbonyl (C=O) groups excluding carboxylic acids is 1. The van der Waals surface area contributed by atoms with E-state index in [1.165, 1.54) is 5.56 Å². The van der Waals surface area contributed by atoms with E-state index in [9.17, 15) is 4.79 Å². The molecule has 2 aromatic rings. The molecule has 0 radical (unpaired) electrons. The molecule has 2 aromatic carbocycles. The van der Waals surface area contributed by atoms with E-state index in [2.05, 4.69) is 29.5 Å². The summed E-state index contributed by atoms with van der Waals surface area (Å²) in [4.78, 5) is 11.7. The van der Waals surface area contributed by atoms with Crippen LogP contribution in [0.1, 0.15) is 18.1 Å². The van der Waals surface area contributed by atoms with Crippen molar-refractivity contribution in [3.05, 3.63) is 53.6 Å². The predicted molar refractivity (Wildman–Crippen MR) is 78.2 cm³/mol. The second kappa shape index (κ2) is 4.81. The number of nitrogens with zero attached hydrogens (tertiary/aromatic N) is 1. The van der Waals surface area contributed by atoms with Crippen LogP contribution in [-0.2, 0) is 11.2 Å². The number of oxime groups is 1. The van der Waals surface area contributed by atoms with Gasteiger partial charge in [-0.05, 0) is 29.2 Å². The highest BCUT2D eigenvalue weighted by Gasteiger charge is 2.29. The van der Waals surface area contributed by atoms with Crippen LogP contribution in [0.4, 0.5) is 5.69 Å². The average molecular weight is 266 g/mol. The van der Waals surface area contributed by atoms with Gasteiger partial charge in [-0.25, -0.2) is 0 Å². The first kappa shape index (κ1) is 12.4. The van der Waals surface area contributed by atoms with E-state index >= 15 is 0 Å². The molecule has 0 spiro atoms. The molecular weight excluding hydrogens is 252 g/mol. The molecule has 3 rings (SSSR count). The maximum Gasteiger partial charge on any atom is 0.278 e. The van der Waals surface area contributed by atoms with Crippen molar-refractivity contribution in [1.82, 2.24) is 0 Å². The Labute approximate surface area is 116 Å². The van der Waals surface area contributed by atoms with Crippen molar-refractivity contribution in [3.8, 4) is 11.1 Å². The number of hydrogen-bond acceptors (Lipinski definition) is 3. The Hall–Kier alpha value is -2.62. The van der Waals surface area contributed by atoms with Crippen LogP contribution in [0.3, 0.4) is 0 Å². The first-order chi connectivity index (χ1) is 9.74. The quantitative estimate of drug-likeness (QED) is 0.648. The minimum atomic E-state index is -0.375. The number of carbonyl (C=O) groups is 1. The third kappa shape index (κ3) is 1.86. The van der Waals surface area contributed by atoms with Gasteiger partial charge in [-0.2, -0.15) is 0 Å². The summed E-state index contributed by atoms with van der Waals surface area (Å²) in [6.07, 6.45) is 0.983. The summed E-state index contributed by atoms with van der Waals surface area (Å²) >= 11 is 0. The van der Waals surface area contributed by atoms with Crippen LogP contribution in [0.15, 0.2) is 47.6 Å². The van der Waals surface area contributed by atoms with Gasteiger partial charge in [-0.15, -0.1) is 0 Å². The van der Waals surface area contributed by atoms with E-state index in [1.54, 1.807) is 6.07 Å². The molecule has 2 N–H and O–H groups in total. The Kier molecular flexibility index (Phi) is 2.99. The minimum absolute atomic E-state index is 0.0650. The van der Waals surface area contributed by atoms with Crippen molar-refractivity contribution in [3.63, 3.8) is 0 Å². The molecule has 1 aliphatic rings. The van der Waals surface area contributed by atoms with Crippen molar-refractivity contribution in [2.45, 2.75) is 13.3 Å².